The van der Waals surface area contributed by atoms with Crippen molar-refractivity contribution in [1.29, 1.82) is 0 Å². The minimum Gasteiger partial charge on any atom is -0.379 e. The second-order valence-corrected chi connectivity index (χ2v) is 4.78. The predicted octanol–water partition coefficient (Wildman–Crippen LogP) is 3.83. The second-order valence-electron chi connectivity index (χ2n) is 4.78. The van der Waals surface area contributed by atoms with Crippen LogP contribution in [-0.2, 0) is 0 Å². The van der Waals surface area contributed by atoms with Gasteiger partial charge in [0.1, 0.15) is 6.23 Å². The van der Waals surface area contributed by atoms with E-state index in [2.05, 4.69) is 19.2 Å². The standard InChI is InChI=1S/C14H31NO/c1-4-7-9-11-13(12-10-8-5-2)15-14(16)6-3/h13-16H,4-12H2,1-3H3. The predicted molar refractivity (Wildman–Crippen MR) is 71.5 cm³/mol. The third kappa shape index (κ3) is 9.17. The lowest BCUT2D eigenvalue weighted by atomic mass is 10.0. The maximum atomic E-state index is 9.63. The molecule has 0 saturated heterocycles. The molecule has 0 amide bonds. The van der Waals surface area contributed by atoms with Crippen LogP contribution in [0.25, 0.3) is 0 Å². The van der Waals surface area contributed by atoms with Crippen LogP contribution in [0.5, 0.6) is 0 Å². The normalized spacial score (nSPS) is 13.3. The molecule has 2 N–H and O–H groups in total. The van der Waals surface area contributed by atoms with Crippen molar-refractivity contribution in [2.75, 3.05) is 0 Å². The van der Waals surface area contributed by atoms with E-state index in [-0.39, 0.29) is 6.23 Å². The van der Waals surface area contributed by atoms with E-state index in [9.17, 15) is 5.11 Å². The molecule has 2 nitrogen and oxygen atoms in total. The highest BCUT2D eigenvalue weighted by Gasteiger charge is 2.11. The molecule has 0 aliphatic heterocycles. The van der Waals surface area contributed by atoms with Crippen molar-refractivity contribution in [3.63, 3.8) is 0 Å². The average molecular weight is 229 g/mol. The first-order valence-corrected chi connectivity index (χ1v) is 7.18. The first-order valence-electron chi connectivity index (χ1n) is 7.18. The molecule has 0 aliphatic carbocycles. The smallest absolute Gasteiger partial charge is 0.104 e. The molecule has 0 saturated carbocycles. The lowest BCUT2D eigenvalue weighted by Crippen LogP contribution is -2.37. The fraction of sp³-hybridized carbons (Fsp3) is 1.00. The molecule has 0 bridgehead atoms. The highest BCUT2D eigenvalue weighted by atomic mass is 16.3. The zero-order chi connectivity index (χ0) is 12.2. The van der Waals surface area contributed by atoms with Crippen LogP contribution in [0.15, 0.2) is 0 Å². The molecule has 0 spiro atoms. The van der Waals surface area contributed by atoms with Gasteiger partial charge in [-0.05, 0) is 19.3 Å². The number of aliphatic hydroxyl groups excluding tert-OH is 1. The summed E-state index contributed by atoms with van der Waals surface area (Å²) in [7, 11) is 0. The molecule has 1 atom stereocenters. The van der Waals surface area contributed by atoms with Gasteiger partial charge in [0.15, 0.2) is 0 Å². The van der Waals surface area contributed by atoms with Crippen molar-refractivity contribution < 1.29 is 5.11 Å². The molecular formula is C14H31NO. The van der Waals surface area contributed by atoms with Crippen molar-refractivity contribution in [2.24, 2.45) is 0 Å². The number of hydrogen-bond donors (Lipinski definition) is 2. The molecule has 0 heterocycles. The van der Waals surface area contributed by atoms with Gasteiger partial charge in [-0.25, -0.2) is 0 Å². The lowest BCUT2D eigenvalue weighted by molar-refractivity contribution is 0.113. The van der Waals surface area contributed by atoms with Gasteiger partial charge in [0, 0.05) is 6.04 Å². The summed E-state index contributed by atoms with van der Waals surface area (Å²) in [6, 6.07) is 0.521. The van der Waals surface area contributed by atoms with Crippen molar-refractivity contribution >= 4 is 0 Å². The van der Waals surface area contributed by atoms with E-state index in [1.165, 1.54) is 51.4 Å². The largest absolute Gasteiger partial charge is 0.379 e. The zero-order valence-electron chi connectivity index (χ0n) is 11.5. The van der Waals surface area contributed by atoms with Crippen LogP contribution in [0.3, 0.4) is 0 Å². The SMILES string of the molecule is CCCCCC(CCCCC)NC(O)CC. The van der Waals surface area contributed by atoms with Gasteiger partial charge >= 0.3 is 0 Å². The Morgan fingerprint density at radius 2 is 1.38 bits per heavy atom. The Kier molecular flexibility index (Phi) is 11.3. The van der Waals surface area contributed by atoms with Crippen molar-refractivity contribution in [3.8, 4) is 0 Å². The number of aliphatic hydroxyl groups is 1. The van der Waals surface area contributed by atoms with E-state index in [1.807, 2.05) is 6.92 Å². The summed E-state index contributed by atoms with van der Waals surface area (Å²) >= 11 is 0. The molecule has 0 fully saturated rings. The summed E-state index contributed by atoms with van der Waals surface area (Å²) in [6.07, 6.45) is 10.7. The quantitative estimate of drug-likeness (QED) is 0.417. The van der Waals surface area contributed by atoms with Gasteiger partial charge in [-0.15, -0.1) is 0 Å². The van der Waals surface area contributed by atoms with Gasteiger partial charge in [0.25, 0.3) is 0 Å². The van der Waals surface area contributed by atoms with E-state index in [0.717, 1.165) is 6.42 Å². The Morgan fingerprint density at radius 1 is 0.875 bits per heavy atom. The van der Waals surface area contributed by atoms with Crippen LogP contribution < -0.4 is 5.32 Å². The molecule has 0 rings (SSSR count). The zero-order valence-corrected chi connectivity index (χ0v) is 11.5. The molecule has 2 heteroatoms. The third-order valence-corrected chi connectivity index (χ3v) is 3.13. The number of hydrogen-bond acceptors (Lipinski definition) is 2. The van der Waals surface area contributed by atoms with Crippen LogP contribution in [0.1, 0.15) is 78.6 Å². The van der Waals surface area contributed by atoms with Crippen LogP contribution in [0, 0.1) is 0 Å². The van der Waals surface area contributed by atoms with E-state index >= 15 is 0 Å². The molecular weight excluding hydrogens is 198 g/mol. The van der Waals surface area contributed by atoms with Crippen LogP contribution in [0.2, 0.25) is 0 Å². The van der Waals surface area contributed by atoms with Crippen molar-refractivity contribution in [1.82, 2.24) is 5.32 Å². The maximum Gasteiger partial charge on any atom is 0.104 e. The van der Waals surface area contributed by atoms with Gasteiger partial charge in [-0.3, -0.25) is 5.32 Å². The summed E-state index contributed by atoms with van der Waals surface area (Å²) < 4.78 is 0. The molecule has 1 unspecified atom stereocenters. The van der Waals surface area contributed by atoms with E-state index in [0.29, 0.717) is 6.04 Å². The number of rotatable bonds is 11. The fourth-order valence-electron chi connectivity index (χ4n) is 1.98. The minimum atomic E-state index is -0.312. The average Bonchev–Trinajstić information content (AvgIpc) is 2.29. The second kappa shape index (κ2) is 11.4. The van der Waals surface area contributed by atoms with Gasteiger partial charge in [-0.2, -0.15) is 0 Å². The highest BCUT2D eigenvalue weighted by molar-refractivity contribution is 4.68. The summed E-state index contributed by atoms with van der Waals surface area (Å²) in [5.74, 6) is 0. The minimum absolute atomic E-state index is 0.312. The van der Waals surface area contributed by atoms with Crippen molar-refractivity contribution in [2.45, 2.75) is 90.8 Å². The molecule has 0 aromatic rings. The maximum absolute atomic E-state index is 9.63. The summed E-state index contributed by atoms with van der Waals surface area (Å²) in [4.78, 5) is 0. The topological polar surface area (TPSA) is 32.3 Å². The van der Waals surface area contributed by atoms with Gasteiger partial charge in [-0.1, -0.05) is 59.3 Å². The highest BCUT2D eigenvalue weighted by Crippen LogP contribution is 2.11. The van der Waals surface area contributed by atoms with Gasteiger partial charge in [0.05, 0.1) is 0 Å². The Bertz CT molecular complexity index is 129. The van der Waals surface area contributed by atoms with E-state index in [1.54, 1.807) is 0 Å². The number of nitrogens with one attached hydrogen (secondary N) is 1. The van der Waals surface area contributed by atoms with Crippen molar-refractivity contribution in [3.05, 3.63) is 0 Å². The summed E-state index contributed by atoms with van der Waals surface area (Å²) in [5, 5.41) is 13.0. The molecule has 98 valence electrons. The fourth-order valence-corrected chi connectivity index (χ4v) is 1.98. The van der Waals surface area contributed by atoms with Gasteiger partial charge in [0.2, 0.25) is 0 Å². The molecule has 0 aliphatic rings. The molecule has 16 heavy (non-hydrogen) atoms. The summed E-state index contributed by atoms with van der Waals surface area (Å²) in [6.45, 7) is 6.49. The molecule has 0 radical (unpaired) electrons. The third-order valence-electron chi connectivity index (χ3n) is 3.13. The lowest BCUT2D eigenvalue weighted by Gasteiger charge is -2.22. The Balaban J connectivity index is 3.75. The van der Waals surface area contributed by atoms with Crippen LogP contribution >= 0.6 is 0 Å². The monoisotopic (exact) mass is 229 g/mol. The Hall–Kier alpha value is -0.0800. The van der Waals surface area contributed by atoms with Crippen LogP contribution in [-0.4, -0.2) is 17.4 Å². The number of unbranched alkanes of at least 4 members (excludes halogenated alkanes) is 4. The van der Waals surface area contributed by atoms with E-state index < -0.39 is 0 Å². The van der Waals surface area contributed by atoms with Gasteiger partial charge < -0.3 is 5.11 Å². The molecule has 0 aromatic carbocycles. The first kappa shape index (κ1) is 15.9. The summed E-state index contributed by atoms with van der Waals surface area (Å²) in [5.41, 5.74) is 0. The first-order chi connectivity index (χ1) is 7.74. The van der Waals surface area contributed by atoms with Crippen LogP contribution in [0.4, 0.5) is 0 Å². The molecule has 0 aromatic heterocycles. The Morgan fingerprint density at radius 3 is 1.75 bits per heavy atom. The Labute approximate surface area is 102 Å². The van der Waals surface area contributed by atoms with E-state index in [4.69, 9.17) is 0 Å².